The molecule has 1 unspecified atom stereocenters. The average molecular weight is 399 g/mol. The number of carbonyl (C=O) groups excluding carboxylic acids is 2. The predicted molar refractivity (Wildman–Crippen MR) is 107 cm³/mol. The van der Waals surface area contributed by atoms with Crippen LogP contribution >= 0.6 is 0 Å². The Labute approximate surface area is 169 Å². The van der Waals surface area contributed by atoms with Crippen molar-refractivity contribution in [3.05, 3.63) is 53.3 Å². The van der Waals surface area contributed by atoms with E-state index in [1.165, 1.54) is 0 Å². The Morgan fingerprint density at radius 1 is 1.38 bits per heavy atom. The van der Waals surface area contributed by atoms with E-state index in [1.807, 2.05) is 24.3 Å². The van der Waals surface area contributed by atoms with Crippen LogP contribution in [0.4, 0.5) is 5.69 Å². The van der Waals surface area contributed by atoms with Crippen molar-refractivity contribution in [2.45, 2.75) is 25.6 Å². The van der Waals surface area contributed by atoms with Crippen LogP contribution < -0.4 is 15.4 Å². The number of para-hydroxylation sites is 2. The molecule has 3 heterocycles. The summed E-state index contributed by atoms with van der Waals surface area (Å²) in [6, 6.07) is 9.29. The Morgan fingerprint density at radius 3 is 2.93 bits per heavy atom. The molecule has 1 aromatic heterocycles. The number of nitrogens with zero attached hydrogens (tertiary/aromatic N) is 2. The van der Waals surface area contributed by atoms with Crippen LogP contribution in [-0.4, -0.2) is 44.2 Å². The summed E-state index contributed by atoms with van der Waals surface area (Å²) in [5, 5.41) is 0. The average Bonchev–Trinajstić information content (AvgIpc) is 3.08. The highest BCUT2D eigenvalue weighted by Crippen LogP contribution is 2.33. The van der Waals surface area contributed by atoms with Crippen molar-refractivity contribution < 1.29 is 23.8 Å². The topological polar surface area (TPSA) is 104 Å². The van der Waals surface area contributed by atoms with Gasteiger partial charge in [-0.25, -0.2) is 0 Å². The monoisotopic (exact) mass is 399 g/mol. The van der Waals surface area contributed by atoms with Gasteiger partial charge in [-0.1, -0.05) is 12.1 Å². The fourth-order valence-electron chi connectivity index (χ4n) is 3.20. The first-order valence-corrected chi connectivity index (χ1v) is 9.38. The largest absolute Gasteiger partial charge is 0.491 e. The van der Waals surface area contributed by atoms with E-state index < -0.39 is 5.91 Å². The number of ether oxygens (including phenoxy) is 3. The van der Waals surface area contributed by atoms with E-state index in [0.717, 1.165) is 29.0 Å². The number of amides is 2. The van der Waals surface area contributed by atoms with Crippen molar-refractivity contribution in [3.63, 3.8) is 0 Å². The van der Waals surface area contributed by atoms with Crippen molar-refractivity contribution in [3.8, 4) is 5.75 Å². The molecule has 1 atom stereocenters. The van der Waals surface area contributed by atoms with Gasteiger partial charge < -0.3 is 24.8 Å². The van der Waals surface area contributed by atoms with E-state index in [-0.39, 0.29) is 17.7 Å². The third-order valence-electron chi connectivity index (χ3n) is 4.82. The number of benzene rings is 1. The van der Waals surface area contributed by atoms with Crippen LogP contribution in [0.2, 0.25) is 0 Å². The Balaban J connectivity index is 0.000000169. The number of pyridine rings is 1. The number of anilines is 1. The molecule has 0 fully saturated rings. The van der Waals surface area contributed by atoms with Gasteiger partial charge in [0.25, 0.3) is 5.91 Å². The fourth-order valence-corrected chi connectivity index (χ4v) is 3.20. The standard InChI is InChI=1S/C11H14N2O3.C10H11NO2/c1-15-3-2-10-8-4-9(11(12)14)13-5-7(8)6-16-10;1-11-8-4-2-3-5-9(8)13-7-6-10(11)12/h4-5,10H,2-3,6H2,1H3,(H2,12,14);2-5H,6-7H2,1H3. The molecule has 0 bridgehead atoms. The molecular weight excluding hydrogens is 374 g/mol. The van der Waals surface area contributed by atoms with Crippen LogP contribution in [0.3, 0.4) is 0 Å². The molecule has 0 aliphatic carbocycles. The van der Waals surface area contributed by atoms with Gasteiger partial charge >= 0.3 is 0 Å². The molecule has 2 aliphatic rings. The van der Waals surface area contributed by atoms with Gasteiger partial charge in [0.1, 0.15) is 11.4 Å². The molecule has 0 radical (unpaired) electrons. The lowest BCUT2D eigenvalue weighted by atomic mass is 10.0. The zero-order chi connectivity index (χ0) is 20.8. The lowest BCUT2D eigenvalue weighted by Gasteiger charge is -2.15. The minimum atomic E-state index is -0.514. The van der Waals surface area contributed by atoms with Crippen LogP contribution in [-0.2, 0) is 20.9 Å². The van der Waals surface area contributed by atoms with Gasteiger partial charge in [0.05, 0.1) is 31.4 Å². The van der Waals surface area contributed by atoms with Crippen molar-refractivity contribution >= 4 is 17.5 Å². The molecular formula is C21H25N3O5. The number of methoxy groups -OCH3 is 1. The summed E-state index contributed by atoms with van der Waals surface area (Å²) in [4.78, 5) is 28.1. The Morgan fingerprint density at radius 2 is 2.17 bits per heavy atom. The minimum absolute atomic E-state index is 0.0175. The second-order valence-electron chi connectivity index (χ2n) is 6.73. The van der Waals surface area contributed by atoms with Crippen LogP contribution in [0.5, 0.6) is 5.75 Å². The number of aromatic nitrogens is 1. The maximum Gasteiger partial charge on any atom is 0.267 e. The quantitative estimate of drug-likeness (QED) is 0.845. The minimum Gasteiger partial charge on any atom is -0.491 e. The van der Waals surface area contributed by atoms with Gasteiger partial charge in [-0.3, -0.25) is 14.6 Å². The fraction of sp³-hybridized carbons (Fsp3) is 0.381. The third kappa shape index (κ3) is 4.90. The number of rotatable bonds is 4. The smallest absolute Gasteiger partial charge is 0.267 e. The molecule has 0 saturated heterocycles. The second-order valence-corrected chi connectivity index (χ2v) is 6.73. The first-order valence-electron chi connectivity index (χ1n) is 9.38. The van der Waals surface area contributed by atoms with Gasteiger partial charge in [-0.15, -0.1) is 0 Å². The van der Waals surface area contributed by atoms with E-state index in [2.05, 4.69) is 4.98 Å². The summed E-state index contributed by atoms with van der Waals surface area (Å²) >= 11 is 0. The summed E-state index contributed by atoms with van der Waals surface area (Å²) < 4.78 is 16.0. The van der Waals surface area contributed by atoms with Gasteiger partial charge in [0.15, 0.2) is 0 Å². The van der Waals surface area contributed by atoms with Crippen molar-refractivity contribution in [2.75, 3.05) is 32.3 Å². The summed E-state index contributed by atoms with van der Waals surface area (Å²) in [7, 11) is 3.42. The molecule has 1 aromatic carbocycles. The lowest BCUT2D eigenvalue weighted by molar-refractivity contribution is -0.118. The van der Waals surface area contributed by atoms with Crippen LogP contribution in [0.15, 0.2) is 36.5 Å². The number of fused-ring (bicyclic) bond motifs is 2. The molecule has 2 amide bonds. The summed E-state index contributed by atoms with van der Waals surface area (Å²) in [6.07, 6.45) is 2.86. The van der Waals surface area contributed by atoms with Crippen LogP contribution in [0.1, 0.15) is 40.6 Å². The number of carbonyl (C=O) groups is 2. The highest BCUT2D eigenvalue weighted by molar-refractivity contribution is 5.95. The van der Waals surface area contributed by atoms with E-state index >= 15 is 0 Å². The molecule has 29 heavy (non-hydrogen) atoms. The van der Waals surface area contributed by atoms with Crippen molar-refractivity contribution in [2.24, 2.45) is 5.73 Å². The van der Waals surface area contributed by atoms with Gasteiger partial charge in [-0.05, 0) is 23.8 Å². The molecule has 4 rings (SSSR count). The second kappa shape index (κ2) is 9.49. The molecule has 2 aromatic rings. The summed E-state index contributed by atoms with van der Waals surface area (Å²) in [5.74, 6) is 0.376. The Hall–Kier alpha value is -2.97. The van der Waals surface area contributed by atoms with E-state index in [1.54, 1.807) is 31.3 Å². The number of hydrogen-bond acceptors (Lipinski definition) is 6. The first-order chi connectivity index (χ1) is 14.0. The maximum atomic E-state index is 11.4. The first kappa shape index (κ1) is 20.8. The Bertz CT molecular complexity index is 886. The third-order valence-corrected chi connectivity index (χ3v) is 4.82. The number of primary amides is 1. The SMILES string of the molecule is CN1C(=O)CCOc2ccccc21.COCCC1OCc2cnc(C(N)=O)cc21. The van der Waals surface area contributed by atoms with Gasteiger partial charge in [0, 0.05) is 38.9 Å². The highest BCUT2D eigenvalue weighted by atomic mass is 16.5. The molecule has 0 spiro atoms. The molecule has 8 heteroatoms. The highest BCUT2D eigenvalue weighted by Gasteiger charge is 2.24. The van der Waals surface area contributed by atoms with Crippen molar-refractivity contribution in [1.29, 1.82) is 0 Å². The maximum absolute atomic E-state index is 11.4. The Kier molecular flexibility index (Phi) is 6.79. The number of nitrogens with two attached hydrogens (primary N) is 1. The van der Waals surface area contributed by atoms with E-state index in [4.69, 9.17) is 19.9 Å². The van der Waals surface area contributed by atoms with Crippen LogP contribution in [0, 0.1) is 0 Å². The zero-order valence-electron chi connectivity index (χ0n) is 16.6. The molecule has 154 valence electrons. The molecule has 0 saturated carbocycles. The van der Waals surface area contributed by atoms with Crippen LogP contribution in [0.25, 0.3) is 0 Å². The normalized spacial score (nSPS) is 17.4. The van der Waals surface area contributed by atoms with Gasteiger partial charge in [-0.2, -0.15) is 0 Å². The van der Waals surface area contributed by atoms with Crippen molar-refractivity contribution in [1.82, 2.24) is 4.98 Å². The predicted octanol–water partition coefficient (Wildman–Crippen LogP) is 2.22. The lowest BCUT2D eigenvalue weighted by Crippen LogP contribution is -2.24. The van der Waals surface area contributed by atoms with Gasteiger partial charge in [0.2, 0.25) is 5.91 Å². The molecule has 2 N–H and O–H groups in total. The molecule has 2 aliphatic heterocycles. The summed E-state index contributed by atoms with van der Waals surface area (Å²) in [5.41, 5.74) is 8.34. The van der Waals surface area contributed by atoms with E-state index in [0.29, 0.717) is 26.2 Å². The number of hydrogen-bond donors (Lipinski definition) is 1. The molecule has 8 nitrogen and oxygen atoms in total. The van der Waals surface area contributed by atoms with E-state index in [9.17, 15) is 9.59 Å². The zero-order valence-corrected chi connectivity index (χ0v) is 16.6. The summed E-state index contributed by atoms with van der Waals surface area (Å²) in [6.45, 7) is 1.63.